The molecule has 11 rings (SSSR count). The summed E-state index contributed by atoms with van der Waals surface area (Å²) in [6.45, 7) is 0. The summed E-state index contributed by atoms with van der Waals surface area (Å²) in [6, 6.07) is 61.3. The standard InChI is InChI=1S/C51H32N4/c1-2-12-39-38(11-1)40-13-3-6-16-44(40)51(45-17-7-4-14-41(45)42-15-5-8-18-46(42)51)47-30-36(23-24-43(39)47)50-54-48(31-49(55-50)37-10-9-27-53-32-37)35-21-19-33(20-22-35)34-25-28-52-29-26-34/h1-32H. The molecular weight excluding hydrogens is 669 g/mol. The molecule has 4 nitrogen and oxygen atoms in total. The minimum Gasteiger partial charge on any atom is -0.265 e. The topological polar surface area (TPSA) is 51.6 Å². The van der Waals surface area contributed by atoms with Crippen LogP contribution in [0, 0.1) is 0 Å². The molecule has 2 aliphatic rings. The van der Waals surface area contributed by atoms with Gasteiger partial charge in [-0.1, -0.05) is 133 Å². The second-order valence-electron chi connectivity index (χ2n) is 14.2. The van der Waals surface area contributed by atoms with E-state index in [1.54, 1.807) is 6.20 Å². The number of nitrogens with zero attached hydrogens (tertiary/aromatic N) is 4. The quantitative estimate of drug-likeness (QED) is 0.183. The third-order valence-electron chi connectivity index (χ3n) is 11.4. The molecule has 2 aliphatic carbocycles. The monoisotopic (exact) mass is 700 g/mol. The molecule has 256 valence electrons. The highest BCUT2D eigenvalue weighted by Gasteiger charge is 2.49. The van der Waals surface area contributed by atoms with Crippen molar-refractivity contribution in [2.75, 3.05) is 0 Å². The van der Waals surface area contributed by atoms with Gasteiger partial charge in [0.2, 0.25) is 0 Å². The first kappa shape index (κ1) is 31.2. The number of pyridine rings is 2. The van der Waals surface area contributed by atoms with Crippen LogP contribution in [-0.2, 0) is 5.41 Å². The summed E-state index contributed by atoms with van der Waals surface area (Å²) in [6.07, 6.45) is 7.31. The lowest BCUT2D eigenvalue weighted by molar-refractivity contribution is 0.775. The first-order chi connectivity index (χ1) is 27.3. The van der Waals surface area contributed by atoms with Crippen LogP contribution in [0.2, 0.25) is 0 Å². The van der Waals surface area contributed by atoms with E-state index in [0.29, 0.717) is 5.82 Å². The molecule has 0 atom stereocenters. The maximum absolute atomic E-state index is 5.32. The Bertz CT molecular complexity index is 2870. The van der Waals surface area contributed by atoms with Gasteiger partial charge in [-0.05, 0) is 103 Å². The summed E-state index contributed by atoms with van der Waals surface area (Å²) in [5.41, 5.74) is 18.8. The van der Waals surface area contributed by atoms with Gasteiger partial charge in [0.1, 0.15) is 0 Å². The Kier molecular flexibility index (Phi) is 7.04. The van der Waals surface area contributed by atoms with Crippen LogP contribution in [0.15, 0.2) is 195 Å². The lowest BCUT2D eigenvalue weighted by atomic mass is 9.65. The summed E-state index contributed by atoms with van der Waals surface area (Å²) >= 11 is 0. The van der Waals surface area contributed by atoms with Crippen LogP contribution >= 0.6 is 0 Å². The summed E-state index contributed by atoms with van der Waals surface area (Å²) in [5.74, 6) is 0.665. The van der Waals surface area contributed by atoms with E-state index in [-0.39, 0.29) is 0 Å². The highest BCUT2D eigenvalue weighted by molar-refractivity contribution is 5.97. The molecule has 1 spiro atoms. The molecule has 0 aliphatic heterocycles. The Morgan fingerprint density at radius 2 is 0.800 bits per heavy atom. The maximum atomic E-state index is 5.32. The second kappa shape index (κ2) is 12.4. The number of aromatic nitrogens is 4. The van der Waals surface area contributed by atoms with Crippen LogP contribution in [0.25, 0.3) is 78.4 Å². The highest BCUT2D eigenvalue weighted by Crippen LogP contribution is 2.61. The van der Waals surface area contributed by atoms with Crippen molar-refractivity contribution in [1.29, 1.82) is 0 Å². The fourth-order valence-electron chi connectivity index (χ4n) is 8.95. The molecule has 0 N–H and O–H groups in total. The zero-order valence-corrected chi connectivity index (χ0v) is 29.8. The molecule has 0 bridgehead atoms. The molecule has 55 heavy (non-hydrogen) atoms. The van der Waals surface area contributed by atoms with Crippen molar-refractivity contribution in [2.45, 2.75) is 5.41 Å². The first-order valence-corrected chi connectivity index (χ1v) is 18.6. The van der Waals surface area contributed by atoms with E-state index in [0.717, 1.165) is 39.2 Å². The highest BCUT2D eigenvalue weighted by atomic mass is 14.9. The zero-order valence-electron chi connectivity index (χ0n) is 29.8. The number of benzene rings is 6. The summed E-state index contributed by atoms with van der Waals surface area (Å²) < 4.78 is 0. The lowest BCUT2D eigenvalue weighted by Gasteiger charge is -2.35. The van der Waals surface area contributed by atoms with E-state index in [2.05, 4.69) is 162 Å². The summed E-state index contributed by atoms with van der Waals surface area (Å²) in [7, 11) is 0. The second-order valence-corrected chi connectivity index (χ2v) is 14.2. The summed E-state index contributed by atoms with van der Waals surface area (Å²) in [5, 5.41) is 0. The van der Waals surface area contributed by atoms with Crippen LogP contribution in [0.1, 0.15) is 22.3 Å². The molecule has 3 aromatic heterocycles. The molecular formula is C51H32N4. The Morgan fingerprint density at radius 1 is 0.309 bits per heavy atom. The van der Waals surface area contributed by atoms with Gasteiger partial charge in [-0.25, -0.2) is 9.97 Å². The first-order valence-electron chi connectivity index (χ1n) is 18.6. The molecule has 0 saturated heterocycles. The third-order valence-corrected chi connectivity index (χ3v) is 11.4. The number of hydrogen-bond acceptors (Lipinski definition) is 4. The normalized spacial score (nSPS) is 12.9. The van der Waals surface area contributed by atoms with Gasteiger partial charge < -0.3 is 0 Å². The fraction of sp³-hybridized carbons (Fsp3) is 0.0196. The predicted octanol–water partition coefficient (Wildman–Crippen LogP) is 11.9. The largest absolute Gasteiger partial charge is 0.265 e. The molecule has 6 aromatic carbocycles. The van der Waals surface area contributed by atoms with Crippen molar-refractivity contribution >= 4 is 0 Å². The SMILES string of the molecule is c1cncc(-c2cc(-c3ccc(-c4ccncc4)cc3)nc(-c3ccc4c(c3)C3(c5ccccc5-c5ccccc5-4)c4ccccc4-c4ccccc43)n2)c1. The number of fused-ring (bicyclic) bond motifs is 12. The van der Waals surface area contributed by atoms with Crippen LogP contribution < -0.4 is 0 Å². The van der Waals surface area contributed by atoms with Gasteiger partial charge in [0.15, 0.2) is 5.82 Å². The van der Waals surface area contributed by atoms with Gasteiger partial charge in [0.05, 0.1) is 16.8 Å². The molecule has 3 heterocycles. The average molecular weight is 701 g/mol. The van der Waals surface area contributed by atoms with Crippen LogP contribution in [0.4, 0.5) is 0 Å². The van der Waals surface area contributed by atoms with Crippen LogP contribution in [0.5, 0.6) is 0 Å². The number of hydrogen-bond donors (Lipinski definition) is 0. The van der Waals surface area contributed by atoms with E-state index in [1.165, 1.54) is 55.6 Å². The minimum absolute atomic E-state index is 0.583. The van der Waals surface area contributed by atoms with E-state index in [4.69, 9.17) is 9.97 Å². The van der Waals surface area contributed by atoms with Gasteiger partial charge in [-0.3, -0.25) is 9.97 Å². The Balaban J connectivity index is 1.18. The lowest BCUT2D eigenvalue weighted by Crippen LogP contribution is -2.29. The molecule has 0 unspecified atom stereocenters. The van der Waals surface area contributed by atoms with Crippen molar-refractivity contribution < 1.29 is 0 Å². The summed E-state index contributed by atoms with van der Waals surface area (Å²) in [4.78, 5) is 19.2. The van der Waals surface area contributed by atoms with E-state index in [1.807, 2.05) is 36.8 Å². The van der Waals surface area contributed by atoms with E-state index < -0.39 is 5.41 Å². The van der Waals surface area contributed by atoms with E-state index >= 15 is 0 Å². The molecule has 0 radical (unpaired) electrons. The molecule has 9 aromatic rings. The van der Waals surface area contributed by atoms with Crippen molar-refractivity contribution in [3.8, 4) is 78.4 Å². The van der Waals surface area contributed by atoms with Gasteiger partial charge in [-0.2, -0.15) is 0 Å². The maximum Gasteiger partial charge on any atom is 0.160 e. The molecule has 4 heteroatoms. The third kappa shape index (κ3) is 4.78. The number of rotatable bonds is 4. The smallest absolute Gasteiger partial charge is 0.160 e. The zero-order chi connectivity index (χ0) is 36.3. The molecule has 0 saturated carbocycles. The fourth-order valence-corrected chi connectivity index (χ4v) is 8.95. The van der Waals surface area contributed by atoms with Crippen molar-refractivity contribution in [3.63, 3.8) is 0 Å². The van der Waals surface area contributed by atoms with Crippen molar-refractivity contribution in [3.05, 3.63) is 217 Å². The minimum atomic E-state index is -0.583. The average Bonchev–Trinajstić information content (AvgIpc) is 3.52. The Hall–Kier alpha value is -7.30. The predicted molar refractivity (Wildman–Crippen MR) is 221 cm³/mol. The van der Waals surface area contributed by atoms with Gasteiger partial charge in [0.25, 0.3) is 0 Å². The van der Waals surface area contributed by atoms with Gasteiger partial charge in [-0.15, -0.1) is 0 Å². The molecule has 0 fully saturated rings. The van der Waals surface area contributed by atoms with Crippen LogP contribution in [0.3, 0.4) is 0 Å². The van der Waals surface area contributed by atoms with Gasteiger partial charge in [0, 0.05) is 41.5 Å². The molecule has 0 amide bonds. The van der Waals surface area contributed by atoms with Crippen LogP contribution in [-0.4, -0.2) is 19.9 Å². The Morgan fingerprint density at radius 3 is 1.40 bits per heavy atom. The van der Waals surface area contributed by atoms with Gasteiger partial charge >= 0.3 is 0 Å². The van der Waals surface area contributed by atoms with Crippen molar-refractivity contribution in [2.24, 2.45) is 0 Å². The van der Waals surface area contributed by atoms with E-state index in [9.17, 15) is 0 Å². The Labute approximate surface area is 319 Å². The van der Waals surface area contributed by atoms with Crippen molar-refractivity contribution in [1.82, 2.24) is 19.9 Å².